The van der Waals surface area contributed by atoms with Gasteiger partial charge in [-0.2, -0.15) is 0 Å². The molecule has 5 nitrogen and oxygen atoms in total. The second-order valence-corrected chi connectivity index (χ2v) is 7.70. The monoisotopic (exact) mass is 395 g/mol. The molecule has 1 aliphatic heterocycles. The molecule has 1 unspecified atom stereocenters. The van der Waals surface area contributed by atoms with Crippen molar-refractivity contribution >= 4 is 27.8 Å². The second-order valence-electron chi connectivity index (χ2n) is 6.79. The summed E-state index contributed by atoms with van der Waals surface area (Å²) in [6.45, 7) is 0.670. The summed E-state index contributed by atoms with van der Waals surface area (Å²) in [6.07, 6.45) is 7.42. The first-order chi connectivity index (χ1) is 11.5. The average molecular weight is 396 g/mol. The SMILES string of the molecule is O=C(O)c1cc(Br)cc(C(=O)NC2CCOC3(CCCCC3)C2)c1. The summed E-state index contributed by atoms with van der Waals surface area (Å²) in [4.78, 5) is 23.7. The largest absolute Gasteiger partial charge is 0.478 e. The van der Waals surface area contributed by atoms with E-state index in [1.165, 1.54) is 31.4 Å². The number of amides is 1. The first-order valence-electron chi connectivity index (χ1n) is 8.46. The van der Waals surface area contributed by atoms with Gasteiger partial charge in [0.05, 0.1) is 11.2 Å². The molecular weight excluding hydrogens is 374 g/mol. The van der Waals surface area contributed by atoms with Crippen LogP contribution in [-0.2, 0) is 4.74 Å². The lowest BCUT2D eigenvalue weighted by atomic mass is 9.78. The van der Waals surface area contributed by atoms with Gasteiger partial charge in [-0.25, -0.2) is 4.79 Å². The molecule has 1 aromatic rings. The van der Waals surface area contributed by atoms with Gasteiger partial charge in [0.2, 0.25) is 0 Å². The Morgan fingerprint density at radius 3 is 2.58 bits per heavy atom. The molecule has 0 aromatic heterocycles. The zero-order chi connectivity index (χ0) is 17.2. The van der Waals surface area contributed by atoms with Gasteiger partial charge in [0.15, 0.2) is 0 Å². The number of nitrogens with one attached hydrogen (secondary N) is 1. The highest BCUT2D eigenvalue weighted by Crippen LogP contribution is 2.38. The van der Waals surface area contributed by atoms with E-state index in [2.05, 4.69) is 21.2 Å². The standard InChI is InChI=1S/C18H22BrNO4/c19-14-9-12(8-13(10-14)17(22)23)16(21)20-15-4-7-24-18(11-15)5-2-1-3-6-18/h8-10,15H,1-7,11H2,(H,20,21)(H,22,23). The van der Waals surface area contributed by atoms with Gasteiger partial charge in [-0.1, -0.05) is 35.2 Å². The number of carboxylic acids is 1. The number of rotatable bonds is 3. The number of hydrogen-bond acceptors (Lipinski definition) is 3. The maximum Gasteiger partial charge on any atom is 0.335 e. The maximum atomic E-state index is 12.5. The number of halogens is 1. The summed E-state index contributed by atoms with van der Waals surface area (Å²) in [5.74, 6) is -1.27. The van der Waals surface area contributed by atoms with E-state index in [1.54, 1.807) is 6.07 Å². The van der Waals surface area contributed by atoms with Crippen LogP contribution in [0.3, 0.4) is 0 Å². The van der Waals surface area contributed by atoms with Crippen LogP contribution in [0.15, 0.2) is 22.7 Å². The van der Waals surface area contributed by atoms with Crippen molar-refractivity contribution in [2.75, 3.05) is 6.61 Å². The van der Waals surface area contributed by atoms with Crippen LogP contribution in [0.4, 0.5) is 0 Å². The molecule has 1 aromatic carbocycles. The van der Waals surface area contributed by atoms with Crippen LogP contribution in [0.1, 0.15) is 65.7 Å². The lowest BCUT2D eigenvalue weighted by Gasteiger charge is -2.43. The third kappa shape index (κ3) is 3.98. The van der Waals surface area contributed by atoms with Crippen molar-refractivity contribution in [2.24, 2.45) is 0 Å². The molecule has 6 heteroatoms. The average Bonchev–Trinajstić information content (AvgIpc) is 2.55. The minimum atomic E-state index is -1.04. The van der Waals surface area contributed by atoms with Gasteiger partial charge in [0.1, 0.15) is 0 Å². The molecule has 0 bridgehead atoms. The Morgan fingerprint density at radius 1 is 1.17 bits per heavy atom. The van der Waals surface area contributed by atoms with E-state index in [0.29, 0.717) is 16.6 Å². The van der Waals surface area contributed by atoms with Crippen LogP contribution >= 0.6 is 15.9 Å². The van der Waals surface area contributed by atoms with Crippen molar-refractivity contribution in [3.05, 3.63) is 33.8 Å². The van der Waals surface area contributed by atoms with Gasteiger partial charge in [-0.05, 0) is 43.9 Å². The van der Waals surface area contributed by atoms with E-state index in [1.807, 2.05) is 0 Å². The summed E-state index contributed by atoms with van der Waals surface area (Å²) in [5.41, 5.74) is 0.397. The Bertz CT molecular complexity index is 634. The predicted octanol–water partition coefficient (Wildman–Crippen LogP) is 3.76. The number of carbonyl (C=O) groups is 2. The zero-order valence-electron chi connectivity index (χ0n) is 13.5. The molecule has 2 aliphatic rings. The molecule has 2 N–H and O–H groups in total. The van der Waals surface area contributed by atoms with Crippen LogP contribution in [0.25, 0.3) is 0 Å². The van der Waals surface area contributed by atoms with E-state index in [4.69, 9.17) is 9.84 Å². The highest BCUT2D eigenvalue weighted by Gasteiger charge is 2.38. The van der Waals surface area contributed by atoms with Crippen molar-refractivity contribution in [1.82, 2.24) is 5.32 Å². The van der Waals surface area contributed by atoms with Crippen molar-refractivity contribution < 1.29 is 19.4 Å². The van der Waals surface area contributed by atoms with Gasteiger partial charge >= 0.3 is 5.97 Å². The van der Waals surface area contributed by atoms with E-state index in [-0.39, 0.29) is 23.1 Å². The van der Waals surface area contributed by atoms with E-state index in [9.17, 15) is 9.59 Å². The van der Waals surface area contributed by atoms with Crippen molar-refractivity contribution in [1.29, 1.82) is 0 Å². The van der Waals surface area contributed by atoms with Gasteiger partial charge in [0.25, 0.3) is 5.91 Å². The first-order valence-corrected chi connectivity index (χ1v) is 9.25. The number of carbonyl (C=O) groups excluding carboxylic acids is 1. The summed E-state index contributed by atoms with van der Waals surface area (Å²) in [6, 6.07) is 4.64. The Hall–Kier alpha value is -1.40. The van der Waals surface area contributed by atoms with Crippen LogP contribution in [0.5, 0.6) is 0 Å². The molecule has 1 saturated heterocycles. The van der Waals surface area contributed by atoms with Crippen LogP contribution in [0.2, 0.25) is 0 Å². The quantitative estimate of drug-likeness (QED) is 0.816. The Kier molecular flexibility index (Phi) is 5.25. The molecule has 1 atom stereocenters. The third-order valence-corrected chi connectivity index (χ3v) is 5.46. The summed E-state index contributed by atoms with van der Waals surface area (Å²) >= 11 is 3.27. The number of aromatic carboxylic acids is 1. The van der Waals surface area contributed by atoms with E-state index in [0.717, 1.165) is 25.7 Å². The van der Waals surface area contributed by atoms with E-state index >= 15 is 0 Å². The maximum absolute atomic E-state index is 12.5. The molecule has 24 heavy (non-hydrogen) atoms. The number of hydrogen-bond donors (Lipinski definition) is 2. The van der Waals surface area contributed by atoms with Gasteiger partial charge in [-0.15, -0.1) is 0 Å². The lowest BCUT2D eigenvalue weighted by molar-refractivity contribution is -0.107. The Balaban J connectivity index is 1.69. The van der Waals surface area contributed by atoms with Crippen molar-refractivity contribution in [3.8, 4) is 0 Å². The molecule has 1 amide bonds. The smallest absolute Gasteiger partial charge is 0.335 e. The molecule has 1 spiro atoms. The van der Waals surface area contributed by atoms with E-state index < -0.39 is 5.97 Å². The zero-order valence-corrected chi connectivity index (χ0v) is 15.1. The molecule has 130 valence electrons. The highest BCUT2D eigenvalue weighted by atomic mass is 79.9. The number of ether oxygens (including phenoxy) is 1. The molecule has 1 heterocycles. The molecule has 1 aliphatic carbocycles. The third-order valence-electron chi connectivity index (χ3n) is 5.00. The van der Waals surface area contributed by atoms with Crippen molar-refractivity contribution in [2.45, 2.75) is 56.6 Å². The Morgan fingerprint density at radius 2 is 1.88 bits per heavy atom. The predicted molar refractivity (Wildman–Crippen MR) is 93.4 cm³/mol. The minimum Gasteiger partial charge on any atom is -0.478 e. The summed E-state index contributed by atoms with van der Waals surface area (Å²) < 4.78 is 6.64. The molecule has 3 rings (SSSR count). The highest BCUT2D eigenvalue weighted by molar-refractivity contribution is 9.10. The first kappa shape index (κ1) is 17.4. The van der Waals surface area contributed by atoms with Gasteiger partial charge in [0, 0.05) is 22.7 Å². The lowest BCUT2D eigenvalue weighted by Crippen LogP contribution is -2.49. The van der Waals surface area contributed by atoms with Crippen LogP contribution in [0, 0.1) is 0 Å². The second kappa shape index (κ2) is 7.23. The molecule has 1 saturated carbocycles. The summed E-state index contributed by atoms with van der Waals surface area (Å²) in [5, 5.41) is 12.2. The molecule has 0 radical (unpaired) electrons. The topological polar surface area (TPSA) is 75.6 Å². The fraction of sp³-hybridized carbons (Fsp3) is 0.556. The Labute approximate surface area is 149 Å². The molecule has 2 fully saturated rings. The van der Waals surface area contributed by atoms with Gasteiger partial charge in [-0.3, -0.25) is 4.79 Å². The van der Waals surface area contributed by atoms with Crippen LogP contribution in [-0.4, -0.2) is 35.2 Å². The van der Waals surface area contributed by atoms with Crippen molar-refractivity contribution in [3.63, 3.8) is 0 Å². The normalized spacial score (nSPS) is 23.0. The summed E-state index contributed by atoms with van der Waals surface area (Å²) in [7, 11) is 0. The number of benzene rings is 1. The fourth-order valence-electron chi connectivity index (χ4n) is 3.81. The number of carboxylic acid groups (broad SMARTS) is 1. The molecular formula is C18H22BrNO4. The van der Waals surface area contributed by atoms with Crippen LogP contribution < -0.4 is 5.32 Å². The fourth-order valence-corrected chi connectivity index (χ4v) is 4.30. The minimum absolute atomic E-state index is 0.0715. The van der Waals surface area contributed by atoms with Gasteiger partial charge < -0.3 is 15.2 Å².